The van der Waals surface area contributed by atoms with Gasteiger partial charge in [0.05, 0.1) is 16.4 Å². The molecule has 1 aliphatic rings. The van der Waals surface area contributed by atoms with Crippen molar-refractivity contribution in [3.8, 4) is 35.1 Å². The molecule has 0 atom stereocenters. The average molecular weight is 782 g/mol. The summed E-state index contributed by atoms with van der Waals surface area (Å²) in [4.78, 5) is 56.7. The van der Waals surface area contributed by atoms with Crippen LogP contribution in [-0.2, 0) is 13.0 Å². The molecular weight excluding hydrogens is 759 g/mol. The maximum absolute atomic E-state index is 14.9. The number of halogens is 4. The monoisotopic (exact) mass is 781 g/mol. The first kappa shape index (κ1) is 36.4. The van der Waals surface area contributed by atoms with Gasteiger partial charge >= 0.3 is 11.4 Å². The molecule has 3 aromatic heterocycles. The molecule has 0 unspecified atom stereocenters. The topological polar surface area (TPSA) is 112 Å². The molecule has 1 aliphatic heterocycles. The fraction of sp³-hybridized carbons (Fsp3) is 0.0465. The normalized spacial score (nSPS) is 11.4. The van der Waals surface area contributed by atoms with Crippen LogP contribution in [0.4, 0.5) is 17.6 Å². The van der Waals surface area contributed by atoms with Crippen molar-refractivity contribution in [1.29, 1.82) is 0 Å². The van der Waals surface area contributed by atoms with E-state index in [0.29, 0.717) is 38.7 Å². The van der Waals surface area contributed by atoms with Crippen LogP contribution >= 0.6 is 11.3 Å². The Morgan fingerprint density at radius 2 is 1.14 bits per heavy atom. The average Bonchev–Trinajstić information content (AvgIpc) is 3.87. The number of aromatic amines is 1. The summed E-state index contributed by atoms with van der Waals surface area (Å²) in [5.41, 5.74) is -0.295. The van der Waals surface area contributed by atoms with Crippen molar-refractivity contribution in [2.75, 3.05) is 0 Å². The largest absolute Gasteiger partial charge is 0.336 e. The maximum atomic E-state index is 14.9. The van der Waals surface area contributed by atoms with Crippen LogP contribution in [0.3, 0.4) is 0 Å². The van der Waals surface area contributed by atoms with E-state index in [0.717, 1.165) is 41.2 Å². The number of benzene rings is 5. The Labute approximate surface area is 322 Å². The van der Waals surface area contributed by atoms with Crippen molar-refractivity contribution in [3.05, 3.63) is 201 Å². The molecule has 0 spiro atoms. The molecule has 0 radical (unpaired) electrons. The third-order valence-electron chi connectivity index (χ3n) is 8.97. The lowest BCUT2D eigenvalue weighted by Gasteiger charge is -2.12. The second-order valence-corrected chi connectivity index (χ2v) is 13.4. The molecule has 9 nitrogen and oxygen atoms in total. The molecule has 0 saturated heterocycles. The molecule has 0 saturated carbocycles. The van der Waals surface area contributed by atoms with E-state index >= 15 is 0 Å². The second-order valence-electron chi connectivity index (χ2n) is 12.5. The number of para-hydroxylation sites is 1. The van der Waals surface area contributed by atoms with Crippen LogP contribution in [0.2, 0.25) is 0 Å². The summed E-state index contributed by atoms with van der Waals surface area (Å²) in [5, 5.41) is 0.261. The highest BCUT2D eigenvalue weighted by atomic mass is 32.1. The summed E-state index contributed by atoms with van der Waals surface area (Å²) < 4.78 is 61.5. The molecule has 4 heterocycles. The fourth-order valence-electron chi connectivity index (χ4n) is 6.42. The standard InChI is InChI=1S/C24H14F2N2O2.C19H9F2N3O2S/c25-19-13-16(10-9-15-5-2-1-3-6-15)14-20(26)22(19)28-23(29)18-8-4-7-17-11-12-27(21(17)18)24(28)30;20-13-8-12(7-6-11-4-2-1-3-5-11)9-14(21)15(13)24-18(25)16-17(22-10-27-16)23-19(24)26/h1-8,13-14H,11-12H2;1-5,8-10H,(H,23,26). The predicted octanol–water partition coefficient (Wildman–Crippen LogP) is 6.20. The summed E-state index contributed by atoms with van der Waals surface area (Å²) in [7, 11) is 0. The molecule has 8 aromatic rings. The number of nitrogens with one attached hydrogen (secondary N) is 1. The van der Waals surface area contributed by atoms with E-state index in [-0.39, 0.29) is 26.9 Å². The Bertz CT molecular complexity index is 3250. The van der Waals surface area contributed by atoms with E-state index in [1.807, 2.05) is 30.3 Å². The molecule has 5 aromatic carbocycles. The SMILES string of the molecule is O=c1[nH]c2ncsc2c(=O)n1-c1c(F)cc(C#Cc2ccccc2)cc1F.O=c1c2cccc3c2n(c(=O)n1-c1c(F)cc(C#Cc2ccccc2)cc1F)CC3. The molecule has 0 bridgehead atoms. The van der Waals surface area contributed by atoms with E-state index in [1.165, 1.54) is 10.1 Å². The lowest BCUT2D eigenvalue weighted by atomic mass is 10.1. The van der Waals surface area contributed by atoms with Crippen LogP contribution in [0, 0.1) is 47.0 Å². The highest BCUT2D eigenvalue weighted by Gasteiger charge is 2.25. The first-order valence-corrected chi connectivity index (χ1v) is 18.0. The van der Waals surface area contributed by atoms with Gasteiger partial charge in [0.25, 0.3) is 11.1 Å². The van der Waals surface area contributed by atoms with Gasteiger partial charge < -0.3 is 0 Å². The molecule has 14 heteroatoms. The number of aromatic nitrogens is 5. The number of hydrogen-bond donors (Lipinski definition) is 1. The smallest absolute Gasteiger partial charge is 0.292 e. The number of aryl methyl sites for hydroxylation is 2. The number of H-pyrrole nitrogens is 1. The molecule has 0 aliphatic carbocycles. The molecular formula is C43H23F4N5O4S. The third kappa shape index (κ3) is 6.86. The summed E-state index contributed by atoms with van der Waals surface area (Å²) in [6.45, 7) is 0.360. The van der Waals surface area contributed by atoms with Gasteiger partial charge in [-0.3, -0.25) is 19.1 Å². The van der Waals surface area contributed by atoms with Gasteiger partial charge in [0.1, 0.15) is 16.1 Å². The van der Waals surface area contributed by atoms with Gasteiger partial charge in [-0.15, -0.1) is 11.3 Å². The Morgan fingerprint density at radius 1 is 0.614 bits per heavy atom. The molecule has 0 fully saturated rings. The quantitative estimate of drug-likeness (QED) is 0.166. The van der Waals surface area contributed by atoms with Crippen LogP contribution < -0.4 is 22.5 Å². The Kier molecular flexibility index (Phi) is 9.55. The first-order valence-electron chi connectivity index (χ1n) is 17.1. The second kappa shape index (κ2) is 14.9. The van der Waals surface area contributed by atoms with Crippen molar-refractivity contribution in [3.63, 3.8) is 0 Å². The lowest BCUT2D eigenvalue weighted by molar-refractivity contribution is 0.556. The number of thiazole rings is 1. The van der Waals surface area contributed by atoms with Gasteiger partial charge in [-0.1, -0.05) is 72.2 Å². The van der Waals surface area contributed by atoms with E-state index in [9.17, 15) is 36.7 Å². The summed E-state index contributed by atoms with van der Waals surface area (Å²) in [5.74, 6) is 6.82. The Hall–Kier alpha value is -7.55. The van der Waals surface area contributed by atoms with Crippen LogP contribution in [0.1, 0.15) is 27.8 Å². The zero-order valence-corrected chi connectivity index (χ0v) is 30.0. The lowest BCUT2D eigenvalue weighted by Crippen LogP contribution is -2.39. The molecule has 1 N–H and O–H groups in total. The van der Waals surface area contributed by atoms with Gasteiger partial charge in [-0.05, 0) is 66.6 Å². The van der Waals surface area contributed by atoms with E-state index < -0.39 is 57.1 Å². The zero-order valence-electron chi connectivity index (χ0n) is 29.1. The van der Waals surface area contributed by atoms with E-state index in [1.54, 1.807) is 48.5 Å². The van der Waals surface area contributed by atoms with Crippen molar-refractivity contribution < 1.29 is 17.6 Å². The maximum Gasteiger partial charge on any atom is 0.336 e. The first-order chi connectivity index (χ1) is 27.6. The number of hydrogen-bond acceptors (Lipinski definition) is 6. The molecule has 278 valence electrons. The molecule has 9 rings (SSSR count). The van der Waals surface area contributed by atoms with Crippen LogP contribution in [0.15, 0.2) is 128 Å². The Morgan fingerprint density at radius 3 is 1.70 bits per heavy atom. The number of fused-ring (bicyclic) bond motifs is 1. The van der Waals surface area contributed by atoms with Gasteiger partial charge in [0.2, 0.25) is 0 Å². The number of rotatable bonds is 2. The Balaban J connectivity index is 0.000000161. The van der Waals surface area contributed by atoms with Gasteiger partial charge in [0.15, 0.2) is 28.9 Å². The van der Waals surface area contributed by atoms with Crippen LogP contribution in [0.25, 0.3) is 32.6 Å². The number of nitrogens with zero attached hydrogens (tertiary/aromatic N) is 4. The van der Waals surface area contributed by atoms with Crippen LogP contribution in [0.5, 0.6) is 0 Å². The van der Waals surface area contributed by atoms with Gasteiger partial charge in [-0.2, -0.15) is 0 Å². The van der Waals surface area contributed by atoms with E-state index in [2.05, 4.69) is 33.6 Å². The van der Waals surface area contributed by atoms with Crippen molar-refractivity contribution in [1.82, 2.24) is 23.7 Å². The van der Waals surface area contributed by atoms with Gasteiger partial charge in [-0.25, -0.2) is 41.3 Å². The zero-order chi connectivity index (χ0) is 39.8. The highest BCUT2D eigenvalue weighted by Crippen LogP contribution is 2.24. The third-order valence-corrected chi connectivity index (χ3v) is 9.79. The molecule has 0 amide bonds. The summed E-state index contributed by atoms with van der Waals surface area (Å²) in [6, 6.07) is 27.1. The minimum atomic E-state index is -1.07. The minimum Gasteiger partial charge on any atom is -0.292 e. The van der Waals surface area contributed by atoms with Crippen molar-refractivity contribution >= 4 is 32.6 Å². The summed E-state index contributed by atoms with van der Waals surface area (Å²) in [6.07, 6.45) is 0.592. The van der Waals surface area contributed by atoms with Crippen LogP contribution in [-0.4, -0.2) is 23.7 Å². The predicted molar refractivity (Wildman–Crippen MR) is 208 cm³/mol. The highest BCUT2D eigenvalue weighted by molar-refractivity contribution is 7.16. The van der Waals surface area contributed by atoms with Gasteiger partial charge in [0, 0.05) is 28.8 Å². The van der Waals surface area contributed by atoms with Crippen molar-refractivity contribution in [2.45, 2.75) is 13.0 Å². The van der Waals surface area contributed by atoms with Crippen molar-refractivity contribution in [2.24, 2.45) is 0 Å². The summed E-state index contributed by atoms with van der Waals surface area (Å²) >= 11 is 0.970. The van der Waals surface area contributed by atoms with E-state index in [4.69, 9.17) is 0 Å². The molecule has 57 heavy (non-hydrogen) atoms. The fourth-order valence-corrected chi connectivity index (χ4v) is 7.09. The minimum absolute atomic E-state index is 0.0809.